The molecule has 2 aromatic carbocycles. The third-order valence-corrected chi connectivity index (χ3v) is 14.1. The zero-order valence-electron chi connectivity index (χ0n) is 40.1. The predicted molar refractivity (Wildman–Crippen MR) is 263 cm³/mol. The number of nitrogens with one attached hydrogen (secondary N) is 4. The van der Waals surface area contributed by atoms with Crippen LogP contribution in [-0.2, 0) is 51.4 Å². The summed E-state index contributed by atoms with van der Waals surface area (Å²) in [6.07, 6.45) is 10.3. The number of nitrogens with two attached hydrogens (primary N) is 2. The molecule has 0 unspecified atom stereocenters. The fourth-order valence-corrected chi connectivity index (χ4v) is 10.2. The Labute approximate surface area is 413 Å². The number of anilines is 2. The molecule has 0 bridgehead atoms. The summed E-state index contributed by atoms with van der Waals surface area (Å²) in [5.41, 5.74) is 10.0. The van der Waals surface area contributed by atoms with Crippen LogP contribution in [0.2, 0.25) is 0 Å². The van der Waals surface area contributed by atoms with Gasteiger partial charge in [0.25, 0.3) is 11.8 Å². The molecule has 1 saturated carbocycles. The van der Waals surface area contributed by atoms with Crippen LogP contribution in [0.3, 0.4) is 0 Å². The first-order chi connectivity index (χ1) is 33.9. The van der Waals surface area contributed by atoms with Crippen molar-refractivity contribution in [3.05, 3.63) is 96.0 Å². The number of nitrogens with zero attached hydrogens (tertiary/aromatic N) is 4. The van der Waals surface area contributed by atoms with Crippen molar-refractivity contribution in [2.24, 2.45) is 28.6 Å². The number of aromatic nitrogens is 3. The van der Waals surface area contributed by atoms with E-state index in [1.807, 2.05) is 54.9 Å². The van der Waals surface area contributed by atoms with Gasteiger partial charge in [0.05, 0.1) is 43.6 Å². The minimum atomic E-state index is -4.18. The first-order valence-electron chi connectivity index (χ1n) is 24.3. The number of aryl methyl sites for hydroxylation is 1. The summed E-state index contributed by atoms with van der Waals surface area (Å²) in [5, 5.41) is 29.0. The van der Waals surface area contributed by atoms with Gasteiger partial charge in [0.1, 0.15) is 5.39 Å². The molecule has 0 radical (unpaired) electrons. The zero-order valence-corrected chi connectivity index (χ0v) is 40.9. The molecule has 380 valence electrons. The van der Waals surface area contributed by atoms with E-state index in [9.17, 15) is 42.3 Å². The Kier molecular flexibility index (Phi) is 17.4. The number of amides is 6. The number of imide groups is 1. The minimum absolute atomic E-state index is 0.0687. The first-order valence-corrected chi connectivity index (χ1v) is 25.8. The van der Waals surface area contributed by atoms with Gasteiger partial charge in [-0.05, 0) is 85.8 Å². The third-order valence-electron chi connectivity index (χ3n) is 13.6. The van der Waals surface area contributed by atoms with Crippen molar-refractivity contribution in [2.45, 2.75) is 115 Å². The average Bonchev–Trinajstić information content (AvgIpc) is 4.12. The molecule has 3 heterocycles. The summed E-state index contributed by atoms with van der Waals surface area (Å²) in [6.45, 7) is 4.25. The summed E-state index contributed by atoms with van der Waals surface area (Å²) in [5.74, 6) is -2.54. The maximum atomic E-state index is 14.0. The van der Waals surface area contributed by atoms with Gasteiger partial charge in [-0.3, -0.25) is 37.6 Å². The van der Waals surface area contributed by atoms with Crippen molar-refractivity contribution in [1.82, 2.24) is 25.1 Å². The topological polar surface area (TPSA) is 291 Å². The summed E-state index contributed by atoms with van der Waals surface area (Å²) in [7, 11) is -4.18. The Balaban J connectivity index is 1.02. The largest absolute Gasteiger partial charge is 0.393 e. The molecule has 20 nitrogen and oxygen atoms in total. The molecule has 2 aliphatic carbocycles. The quantitative estimate of drug-likeness (QED) is 0.0285. The number of fused-ring (bicyclic) bond motifs is 2. The number of carbonyl (C=O) groups is 6. The molecular formula is C50H65N10O10S+. The highest BCUT2D eigenvalue weighted by molar-refractivity contribution is 7.84. The number of benzene rings is 2. The molecule has 0 spiro atoms. The van der Waals surface area contributed by atoms with Crippen LogP contribution in [0.5, 0.6) is 0 Å². The van der Waals surface area contributed by atoms with Gasteiger partial charge in [0.2, 0.25) is 29.6 Å². The second kappa shape index (κ2) is 23.6. The summed E-state index contributed by atoms with van der Waals surface area (Å²) in [4.78, 5) is 81.9. The summed E-state index contributed by atoms with van der Waals surface area (Å²) < 4.78 is 32.2. The number of primary amides is 1. The number of unbranched alkanes of at least 4 members (excludes halogenated alkanes) is 2. The number of aliphatic hydroxyl groups excluding tert-OH is 1. The second-order valence-corrected chi connectivity index (χ2v) is 20.3. The molecule has 6 atom stereocenters. The van der Waals surface area contributed by atoms with E-state index in [1.165, 1.54) is 23.3 Å². The van der Waals surface area contributed by atoms with Gasteiger partial charge in [-0.25, -0.2) is 14.5 Å². The van der Waals surface area contributed by atoms with Crippen LogP contribution in [0.1, 0.15) is 107 Å². The number of rotatable bonds is 25. The van der Waals surface area contributed by atoms with E-state index in [2.05, 4.69) is 38.0 Å². The van der Waals surface area contributed by atoms with Crippen molar-refractivity contribution < 1.29 is 51.0 Å². The molecule has 1 aliphatic heterocycles. The Hall–Kier alpha value is -6.55. The van der Waals surface area contributed by atoms with Crippen LogP contribution < -0.4 is 36.7 Å². The maximum Gasteiger partial charge on any atom is 0.333 e. The molecule has 6 amide bonds. The number of carbonyl (C=O) groups excluding carboxylic acids is 6. The van der Waals surface area contributed by atoms with Crippen molar-refractivity contribution >= 4 is 68.3 Å². The van der Waals surface area contributed by atoms with Crippen molar-refractivity contribution in [1.29, 1.82) is 0 Å². The van der Waals surface area contributed by atoms with E-state index in [4.69, 9.17) is 20.0 Å². The van der Waals surface area contributed by atoms with Crippen molar-refractivity contribution in [2.75, 3.05) is 30.3 Å². The maximum absolute atomic E-state index is 14.0. The van der Waals surface area contributed by atoms with Crippen LogP contribution >= 0.6 is 0 Å². The molecule has 2 aromatic heterocycles. The van der Waals surface area contributed by atoms with Crippen LogP contribution in [0.15, 0.2) is 79.3 Å². The molecule has 21 heteroatoms. The van der Waals surface area contributed by atoms with Gasteiger partial charge in [0.15, 0.2) is 5.78 Å². The first kappa shape index (κ1) is 52.3. The van der Waals surface area contributed by atoms with E-state index in [-0.39, 0.29) is 80.5 Å². The monoisotopic (exact) mass is 997 g/mol. The number of aliphatic hydroxyl groups is 1. The molecule has 4 aromatic rings. The van der Waals surface area contributed by atoms with Gasteiger partial charge in [-0.2, -0.15) is 8.42 Å². The van der Waals surface area contributed by atoms with Crippen LogP contribution in [-0.4, -0.2) is 95.3 Å². The molecule has 9 N–H and O–H groups in total. The number of ketones is 1. The lowest BCUT2D eigenvalue weighted by Crippen LogP contribution is -2.45. The Bertz CT molecular complexity index is 2730. The van der Waals surface area contributed by atoms with Gasteiger partial charge in [-0.1, -0.05) is 61.7 Å². The molecular weight excluding hydrogens is 933 g/mol. The predicted octanol–water partition coefficient (Wildman–Crippen LogP) is 3.59. The average molecular weight is 998 g/mol. The highest BCUT2D eigenvalue weighted by Gasteiger charge is 2.38. The van der Waals surface area contributed by atoms with Gasteiger partial charge >= 0.3 is 16.3 Å². The molecule has 7 rings (SSSR count). The highest BCUT2D eigenvalue weighted by atomic mass is 32.2. The van der Waals surface area contributed by atoms with E-state index in [0.29, 0.717) is 56.6 Å². The highest BCUT2D eigenvalue weighted by Crippen LogP contribution is 2.39. The van der Waals surface area contributed by atoms with Gasteiger partial charge in [-0.15, -0.1) is 0 Å². The number of Topliss-reactive ketones (excluding diaryl/α,β-unsaturated/α-hetero) is 1. The van der Waals surface area contributed by atoms with Crippen molar-refractivity contribution in [3.8, 4) is 0 Å². The van der Waals surface area contributed by atoms with E-state index < -0.39 is 46.2 Å². The minimum Gasteiger partial charge on any atom is -0.393 e. The number of hydrogen-bond acceptors (Lipinski definition) is 12. The lowest BCUT2D eigenvalue weighted by Gasteiger charge is -2.24. The Morgan fingerprint density at radius 3 is 2.44 bits per heavy atom. The van der Waals surface area contributed by atoms with Crippen LogP contribution in [0.25, 0.3) is 11.0 Å². The number of urea groups is 1. The smallest absolute Gasteiger partial charge is 0.333 e. The summed E-state index contributed by atoms with van der Waals surface area (Å²) >= 11 is 0. The van der Waals surface area contributed by atoms with E-state index >= 15 is 0 Å². The van der Waals surface area contributed by atoms with Gasteiger partial charge < -0.3 is 32.1 Å². The third kappa shape index (κ3) is 13.9. The van der Waals surface area contributed by atoms with Crippen LogP contribution in [0.4, 0.5) is 16.3 Å². The fraction of sp³-hybridized carbons (Fsp3) is 0.480. The molecule has 0 saturated heterocycles. The van der Waals surface area contributed by atoms with Crippen molar-refractivity contribution in [3.63, 3.8) is 0 Å². The summed E-state index contributed by atoms with van der Waals surface area (Å²) in [6, 6.07) is 16.0. The van der Waals surface area contributed by atoms with Crippen LogP contribution in [0, 0.1) is 17.8 Å². The molecule has 3 aliphatic rings. The normalized spacial score (nSPS) is 19.5. The Morgan fingerprint density at radius 2 is 1.72 bits per heavy atom. The SMILES string of the molecule is CC(C)[C@@H](NC(=O)CCCCCN1C(=O)C=CC1=O)C(=O)C[C@H](CCCNC(N)=O)C(=O)Nc1ccc(C[n+]2cnc(N[C@H]3CCc4ccccc43)c3ccn([C@@H]4C[C@@H](COS(N)(=O)=O)[C@@H](O)C4)c32)cc1. The zero-order chi connectivity index (χ0) is 50.8. The lowest BCUT2D eigenvalue weighted by atomic mass is 9.89. The number of hydrogen-bond donors (Lipinski definition) is 7. The van der Waals surface area contributed by atoms with Gasteiger partial charge in [0, 0.05) is 62.0 Å². The molecule has 1 fully saturated rings. The Morgan fingerprint density at radius 1 is 0.972 bits per heavy atom. The molecule has 71 heavy (non-hydrogen) atoms. The fourth-order valence-electron chi connectivity index (χ4n) is 9.88. The lowest BCUT2D eigenvalue weighted by molar-refractivity contribution is -0.668. The van der Waals surface area contributed by atoms with E-state index in [1.54, 1.807) is 18.5 Å². The van der Waals surface area contributed by atoms with E-state index in [0.717, 1.165) is 34.3 Å². The standard InChI is InChI=1S/C50H64N10O10S/c1-31(2)46(57-43(63)12-4-3-7-23-60-44(64)19-20-45(60)65)42(62)26-34(10-8-22-53-50(51)67)48(66)55-36-16-13-32(14-17-36)28-58-30-54-47(56-40-18-15-33-9-5-6-11-38(33)40)39-21-24-59(49(39)58)37-25-35(41(61)27-37)29-70-71(52,68)69/h5-6,9,11,13-14,16-17,19-21,24,30-31,34-35,37,40-41,46,61H,3-4,7-8,10,12,15,18,22-23,25-29H2,1-2H3,(H7,51,52,53,55,57,63,66,67,68,69)/p+1/t34-,35-,37+,40-,41-,46+/m0/s1. The second-order valence-electron chi connectivity index (χ2n) is 19.1.